The van der Waals surface area contributed by atoms with E-state index in [-0.39, 0.29) is 22.5 Å². The maximum absolute atomic E-state index is 12.5. The van der Waals surface area contributed by atoms with Gasteiger partial charge in [0.05, 0.1) is 16.3 Å². The van der Waals surface area contributed by atoms with Crippen LogP contribution < -0.4 is 11.1 Å². The minimum Gasteiger partial charge on any atom is -0.383 e. The third-order valence-electron chi connectivity index (χ3n) is 2.26. The van der Waals surface area contributed by atoms with Crippen molar-refractivity contribution in [1.82, 2.24) is 9.97 Å². The van der Waals surface area contributed by atoms with Gasteiger partial charge in [-0.1, -0.05) is 11.6 Å². The van der Waals surface area contributed by atoms with Crippen LogP contribution in [0.1, 0.15) is 5.56 Å². The first-order chi connectivity index (χ1) is 9.25. The molecule has 1 aromatic heterocycles. The molecule has 0 aliphatic carbocycles. The lowest BCUT2D eigenvalue weighted by Gasteiger charge is -2.11. The number of nitrogens with two attached hydrogens (primary N) is 1. The van der Waals surface area contributed by atoms with Crippen molar-refractivity contribution in [2.24, 2.45) is 0 Å². The highest BCUT2D eigenvalue weighted by Gasteiger charge is 2.30. The molecule has 0 spiro atoms. The third kappa shape index (κ3) is 3.51. The van der Waals surface area contributed by atoms with Crippen LogP contribution in [0, 0.1) is 0 Å². The van der Waals surface area contributed by atoms with Crippen LogP contribution >= 0.6 is 27.5 Å². The minimum absolute atomic E-state index is 0.0954. The number of rotatable bonds is 2. The van der Waals surface area contributed by atoms with E-state index >= 15 is 0 Å². The minimum atomic E-state index is -4.45. The van der Waals surface area contributed by atoms with Crippen molar-refractivity contribution in [3.8, 4) is 0 Å². The summed E-state index contributed by atoms with van der Waals surface area (Å²) in [7, 11) is 0. The molecule has 4 nitrogen and oxygen atoms in total. The summed E-state index contributed by atoms with van der Waals surface area (Å²) >= 11 is 8.93. The Hall–Kier alpha value is -1.54. The third-order valence-corrected chi connectivity index (χ3v) is 2.98. The van der Waals surface area contributed by atoms with Crippen LogP contribution in [0.15, 0.2) is 28.9 Å². The Morgan fingerprint density at radius 2 is 1.90 bits per heavy atom. The molecular weight excluding hydrogens is 361 g/mol. The lowest BCUT2D eigenvalue weighted by Crippen LogP contribution is -2.06. The average molecular weight is 368 g/mol. The number of hydrogen-bond acceptors (Lipinski definition) is 4. The zero-order valence-corrected chi connectivity index (χ0v) is 12.0. The molecule has 1 aromatic carbocycles. The van der Waals surface area contributed by atoms with Crippen molar-refractivity contribution in [3.63, 3.8) is 0 Å². The van der Waals surface area contributed by atoms with Crippen LogP contribution in [0.25, 0.3) is 0 Å². The molecule has 3 N–H and O–H groups in total. The Morgan fingerprint density at radius 1 is 1.20 bits per heavy atom. The van der Waals surface area contributed by atoms with Gasteiger partial charge in [-0.15, -0.1) is 0 Å². The SMILES string of the molecule is Nc1cc(Br)nc(Nc2ccc(C(F)(F)F)cc2Cl)n1. The summed E-state index contributed by atoms with van der Waals surface area (Å²) in [5.74, 6) is 0.330. The zero-order valence-electron chi connectivity index (χ0n) is 9.67. The molecule has 2 rings (SSSR count). The van der Waals surface area contributed by atoms with Gasteiger partial charge in [-0.25, -0.2) is 4.98 Å². The molecule has 1 heterocycles. The van der Waals surface area contributed by atoms with E-state index in [1.54, 1.807) is 0 Å². The molecule has 0 unspecified atom stereocenters. The molecule has 0 saturated heterocycles. The molecule has 0 bridgehead atoms. The molecule has 2 aromatic rings. The van der Waals surface area contributed by atoms with Gasteiger partial charge in [-0.05, 0) is 34.1 Å². The van der Waals surface area contributed by atoms with Gasteiger partial charge in [0.15, 0.2) is 0 Å². The first-order valence-electron chi connectivity index (χ1n) is 5.19. The van der Waals surface area contributed by atoms with Crippen molar-refractivity contribution in [1.29, 1.82) is 0 Å². The second-order valence-corrected chi connectivity index (χ2v) is 4.98. The molecule has 0 radical (unpaired) electrons. The summed E-state index contributed by atoms with van der Waals surface area (Å²) in [6.45, 7) is 0. The Balaban J connectivity index is 2.30. The van der Waals surface area contributed by atoms with Crippen molar-refractivity contribution in [2.45, 2.75) is 6.18 Å². The van der Waals surface area contributed by atoms with Gasteiger partial charge in [-0.2, -0.15) is 18.2 Å². The number of nitrogens with zero attached hydrogens (tertiary/aromatic N) is 2. The fourth-order valence-corrected chi connectivity index (χ4v) is 2.03. The normalized spacial score (nSPS) is 11.4. The molecule has 0 atom stereocenters. The van der Waals surface area contributed by atoms with Crippen LogP contribution in [-0.2, 0) is 6.18 Å². The van der Waals surface area contributed by atoms with Gasteiger partial charge in [0.1, 0.15) is 10.4 Å². The summed E-state index contributed by atoms with van der Waals surface area (Å²) in [6, 6.07) is 4.42. The van der Waals surface area contributed by atoms with Crippen LogP contribution in [0.5, 0.6) is 0 Å². The van der Waals surface area contributed by atoms with Crippen molar-refractivity contribution in [2.75, 3.05) is 11.1 Å². The largest absolute Gasteiger partial charge is 0.416 e. The van der Waals surface area contributed by atoms with Gasteiger partial charge in [0.2, 0.25) is 5.95 Å². The molecule has 0 aliphatic rings. The number of alkyl halides is 3. The van der Waals surface area contributed by atoms with Gasteiger partial charge < -0.3 is 11.1 Å². The lowest BCUT2D eigenvalue weighted by atomic mass is 10.2. The molecule has 106 valence electrons. The molecule has 0 saturated carbocycles. The fraction of sp³-hybridized carbons (Fsp3) is 0.0909. The maximum Gasteiger partial charge on any atom is 0.416 e. The summed E-state index contributed by atoms with van der Waals surface area (Å²) in [5.41, 5.74) is 4.95. The van der Waals surface area contributed by atoms with E-state index in [9.17, 15) is 13.2 Å². The predicted molar refractivity (Wildman–Crippen MR) is 73.9 cm³/mol. The number of aromatic nitrogens is 2. The number of halogens is 5. The first kappa shape index (κ1) is 14.9. The lowest BCUT2D eigenvalue weighted by molar-refractivity contribution is -0.137. The van der Waals surface area contributed by atoms with E-state index in [0.717, 1.165) is 12.1 Å². The van der Waals surface area contributed by atoms with Gasteiger partial charge in [0.25, 0.3) is 0 Å². The Labute approximate surface area is 125 Å². The highest BCUT2D eigenvalue weighted by Crippen LogP contribution is 2.34. The topological polar surface area (TPSA) is 63.8 Å². The van der Waals surface area contributed by atoms with Crippen LogP contribution in [0.4, 0.5) is 30.6 Å². The number of nitrogens with one attached hydrogen (secondary N) is 1. The van der Waals surface area contributed by atoms with E-state index in [1.165, 1.54) is 12.1 Å². The average Bonchev–Trinajstić information content (AvgIpc) is 2.29. The van der Waals surface area contributed by atoms with Crippen LogP contribution in [-0.4, -0.2) is 9.97 Å². The van der Waals surface area contributed by atoms with E-state index in [4.69, 9.17) is 17.3 Å². The number of hydrogen-bond donors (Lipinski definition) is 2. The van der Waals surface area contributed by atoms with E-state index in [1.807, 2.05) is 0 Å². The van der Waals surface area contributed by atoms with Gasteiger partial charge in [-0.3, -0.25) is 0 Å². The Kier molecular flexibility index (Phi) is 4.05. The van der Waals surface area contributed by atoms with E-state index < -0.39 is 11.7 Å². The number of nitrogen functional groups attached to an aromatic ring is 1. The van der Waals surface area contributed by atoms with Crippen LogP contribution in [0.2, 0.25) is 5.02 Å². The standard InChI is InChI=1S/C11H7BrClF3N4/c12-8-4-9(17)20-10(19-8)18-7-2-1-5(3-6(7)13)11(14,15)16/h1-4H,(H3,17,18,19,20). The number of benzene rings is 1. The summed E-state index contributed by atoms with van der Waals surface area (Å²) in [4.78, 5) is 7.86. The Morgan fingerprint density at radius 3 is 2.45 bits per heavy atom. The number of anilines is 3. The molecule has 0 fully saturated rings. The predicted octanol–water partition coefficient (Wildman–Crippen LogP) is 4.24. The van der Waals surface area contributed by atoms with E-state index in [0.29, 0.717) is 4.60 Å². The van der Waals surface area contributed by atoms with Gasteiger partial charge >= 0.3 is 6.18 Å². The summed E-state index contributed by atoms with van der Waals surface area (Å²) in [5, 5.41) is 2.61. The fourth-order valence-electron chi connectivity index (χ4n) is 1.40. The highest BCUT2D eigenvalue weighted by molar-refractivity contribution is 9.10. The molecule has 9 heteroatoms. The summed E-state index contributed by atoms with van der Waals surface area (Å²) in [6.07, 6.45) is -4.45. The van der Waals surface area contributed by atoms with Gasteiger partial charge in [0, 0.05) is 6.07 Å². The summed E-state index contributed by atoms with van der Waals surface area (Å²) < 4.78 is 38.0. The quantitative estimate of drug-likeness (QED) is 0.780. The second kappa shape index (κ2) is 5.45. The molecular formula is C11H7BrClF3N4. The zero-order chi connectivity index (χ0) is 14.9. The second-order valence-electron chi connectivity index (χ2n) is 3.76. The molecule has 0 amide bonds. The van der Waals surface area contributed by atoms with E-state index in [2.05, 4.69) is 31.2 Å². The highest BCUT2D eigenvalue weighted by atomic mass is 79.9. The Bertz CT molecular complexity index is 628. The smallest absolute Gasteiger partial charge is 0.383 e. The molecule has 20 heavy (non-hydrogen) atoms. The first-order valence-corrected chi connectivity index (χ1v) is 6.36. The van der Waals surface area contributed by atoms with Crippen LogP contribution in [0.3, 0.4) is 0 Å². The van der Waals surface area contributed by atoms with Crippen molar-refractivity contribution < 1.29 is 13.2 Å². The monoisotopic (exact) mass is 366 g/mol. The maximum atomic E-state index is 12.5. The van der Waals surface area contributed by atoms with Crippen molar-refractivity contribution >= 4 is 45.0 Å². The van der Waals surface area contributed by atoms with Crippen molar-refractivity contribution in [3.05, 3.63) is 39.5 Å². The molecule has 0 aliphatic heterocycles.